The van der Waals surface area contributed by atoms with Gasteiger partial charge in [-0.15, -0.1) is 12.4 Å². The molecule has 2 aliphatic rings. The molecule has 3 N–H and O–H groups in total. The molecule has 0 amide bonds. The summed E-state index contributed by atoms with van der Waals surface area (Å²) < 4.78 is 28.0. The molecule has 0 aromatic heterocycles. The van der Waals surface area contributed by atoms with Gasteiger partial charge < -0.3 is 5.73 Å². The number of aryl methyl sites for hydroxylation is 2. The van der Waals surface area contributed by atoms with Crippen molar-refractivity contribution in [3.63, 3.8) is 0 Å². The van der Waals surface area contributed by atoms with Gasteiger partial charge in [0.2, 0.25) is 10.0 Å². The van der Waals surface area contributed by atoms with Crippen LogP contribution in [0.1, 0.15) is 37.3 Å². The van der Waals surface area contributed by atoms with Crippen LogP contribution in [0.2, 0.25) is 0 Å². The number of halogens is 1. The minimum absolute atomic E-state index is 0. The largest absolute Gasteiger partial charge is 0.329 e. The van der Waals surface area contributed by atoms with Gasteiger partial charge in [-0.1, -0.05) is 6.07 Å². The van der Waals surface area contributed by atoms with Crippen LogP contribution in [0.25, 0.3) is 0 Å². The number of hydrogen-bond acceptors (Lipinski definition) is 3. The molecule has 6 heteroatoms. The molecule has 0 bridgehead atoms. The summed E-state index contributed by atoms with van der Waals surface area (Å²) in [6.45, 7) is 2.25. The Hall–Kier alpha value is -0.620. The lowest BCUT2D eigenvalue weighted by molar-refractivity contribution is 0.374. The first kappa shape index (κ1) is 16.7. The monoisotopic (exact) mass is 330 g/mol. The smallest absolute Gasteiger partial charge is 0.241 e. The summed E-state index contributed by atoms with van der Waals surface area (Å²) in [4.78, 5) is 0.374. The Morgan fingerprint density at radius 2 is 1.95 bits per heavy atom. The Bertz CT molecular complexity index is 629. The maximum Gasteiger partial charge on any atom is 0.241 e. The molecule has 1 aromatic carbocycles. The maximum absolute atomic E-state index is 12.6. The second kappa shape index (κ2) is 5.88. The van der Waals surface area contributed by atoms with Gasteiger partial charge in [-0.05, 0) is 68.2 Å². The standard InChI is InChI=1S/C15H22N2O2S.ClH/c1-15(10-16,13-6-7-13)17-20(18,19)14-8-5-11-3-2-4-12(11)9-14;/h5,8-9,13,17H,2-4,6-7,10,16H2,1H3;1H. The summed E-state index contributed by atoms with van der Waals surface area (Å²) in [5.74, 6) is 0.372. The summed E-state index contributed by atoms with van der Waals surface area (Å²) in [5.41, 5.74) is 7.74. The van der Waals surface area contributed by atoms with Crippen molar-refractivity contribution < 1.29 is 8.42 Å². The van der Waals surface area contributed by atoms with Crippen LogP contribution in [0.15, 0.2) is 23.1 Å². The van der Waals surface area contributed by atoms with Gasteiger partial charge in [0.25, 0.3) is 0 Å². The van der Waals surface area contributed by atoms with Crippen molar-refractivity contribution in [1.82, 2.24) is 4.72 Å². The molecule has 3 rings (SSSR count). The van der Waals surface area contributed by atoms with Gasteiger partial charge in [0.05, 0.1) is 4.90 Å². The molecular weight excluding hydrogens is 308 g/mol. The topological polar surface area (TPSA) is 72.2 Å². The lowest BCUT2D eigenvalue weighted by Crippen LogP contribution is -2.52. The molecule has 4 nitrogen and oxygen atoms in total. The van der Waals surface area contributed by atoms with Crippen molar-refractivity contribution in [3.8, 4) is 0 Å². The summed E-state index contributed by atoms with van der Waals surface area (Å²) in [6.07, 6.45) is 5.27. The number of fused-ring (bicyclic) bond motifs is 1. The lowest BCUT2D eigenvalue weighted by Gasteiger charge is -2.29. The van der Waals surface area contributed by atoms with Gasteiger partial charge in [0.1, 0.15) is 0 Å². The van der Waals surface area contributed by atoms with Crippen molar-refractivity contribution >= 4 is 22.4 Å². The fourth-order valence-electron chi connectivity index (χ4n) is 3.09. The van der Waals surface area contributed by atoms with Crippen LogP contribution < -0.4 is 10.5 Å². The number of hydrogen-bond donors (Lipinski definition) is 2. The molecule has 118 valence electrons. The van der Waals surface area contributed by atoms with Gasteiger partial charge >= 0.3 is 0 Å². The fraction of sp³-hybridized carbons (Fsp3) is 0.600. The molecule has 1 aromatic rings. The second-order valence-electron chi connectivity index (χ2n) is 6.29. The molecule has 1 saturated carbocycles. The molecule has 0 spiro atoms. The number of sulfonamides is 1. The quantitative estimate of drug-likeness (QED) is 0.867. The predicted molar refractivity (Wildman–Crippen MR) is 86.2 cm³/mol. The normalized spacial score (nSPS) is 20.5. The van der Waals surface area contributed by atoms with E-state index in [1.54, 1.807) is 6.07 Å². The zero-order chi connectivity index (χ0) is 14.4. The minimum atomic E-state index is -3.49. The van der Waals surface area contributed by atoms with Crippen LogP contribution in [0.4, 0.5) is 0 Å². The molecule has 2 aliphatic carbocycles. The molecule has 1 unspecified atom stereocenters. The molecule has 0 radical (unpaired) electrons. The predicted octanol–water partition coefficient (Wildman–Crippen LogP) is 2.00. The van der Waals surface area contributed by atoms with Gasteiger partial charge in [-0.25, -0.2) is 13.1 Å². The third-order valence-corrected chi connectivity index (χ3v) is 6.26. The molecule has 0 aliphatic heterocycles. The first-order valence-electron chi connectivity index (χ1n) is 7.30. The van der Waals surface area contributed by atoms with Gasteiger partial charge in [0.15, 0.2) is 0 Å². The molecule has 0 heterocycles. The average Bonchev–Trinajstić information content (AvgIpc) is 3.17. The van der Waals surface area contributed by atoms with Crippen molar-refractivity contribution in [2.24, 2.45) is 11.7 Å². The van der Waals surface area contributed by atoms with Crippen LogP contribution in [-0.4, -0.2) is 20.5 Å². The summed E-state index contributed by atoms with van der Waals surface area (Å²) in [5, 5.41) is 0. The third kappa shape index (κ3) is 3.26. The average molecular weight is 331 g/mol. The molecule has 1 atom stereocenters. The van der Waals surface area contributed by atoms with E-state index >= 15 is 0 Å². The summed E-state index contributed by atoms with van der Waals surface area (Å²) in [7, 11) is -3.49. The van der Waals surface area contributed by atoms with Crippen LogP contribution in [0, 0.1) is 5.92 Å². The maximum atomic E-state index is 12.6. The van der Waals surface area contributed by atoms with E-state index < -0.39 is 15.6 Å². The van der Waals surface area contributed by atoms with Crippen LogP contribution in [0.3, 0.4) is 0 Å². The second-order valence-corrected chi connectivity index (χ2v) is 7.97. The highest BCUT2D eigenvalue weighted by molar-refractivity contribution is 7.89. The lowest BCUT2D eigenvalue weighted by atomic mass is 9.98. The zero-order valence-electron chi connectivity index (χ0n) is 12.3. The highest BCUT2D eigenvalue weighted by atomic mass is 35.5. The van der Waals surface area contributed by atoms with Gasteiger partial charge in [0, 0.05) is 12.1 Å². The Kier molecular flexibility index (Phi) is 4.69. The number of nitrogens with one attached hydrogen (secondary N) is 1. The number of rotatable bonds is 5. The van der Waals surface area contributed by atoms with Crippen molar-refractivity contribution in [2.45, 2.75) is 49.5 Å². The third-order valence-electron chi connectivity index (χ3n) is 4.65. The Balaban J connectivity index is 0.00000161. The zero-order valence-corrected chi connectivity index (χ0v) is 13.9. The van der Waals surface area contributed by atoms with E-state index in [2.05, 4.69) is 4.72 Å². The van der Waals surface area contributed by atoms with E-state index in [4.69, 9.17) is 5.73 Å². The molecule has 21 heavy (non-hydrogen) atoms. The van der Waals surface area contributed by atoms with Gasteiger partial charge in [-0.3, -0.25) is 0 Å². The highest BCUT2D eigenvalue weighted by Gasteiger charge is 2.43. The van der Waals surface area contributed by atoms with Crippen molar-refractivity contribution in [3.05, 3.63) is 29.3 Å². The molecule has 1 fully saturated rings. The van der Waals surface area contributed by atoms with E-state index in [1.807, 2.05) is 19.1 Å². The van der Waals surface area contributed by atoms with E-state index in [9.17, 15) is 8.42 Å². The minimum Gasteiger partial charge on any atom is -0.329 e. The van der Waals surface area contributed by atoms with Crippen LogP contribution in [0.5, 0.6) is 0 Å². The SMILES string of the molecule is CC(CN)(NS(=O)(=O)c1ccc2c(c1)CCC2)C1CC1.Cl. The molecular formula is C15H23ClN2O2S. The number of nitrogens with two attached hydrogens (primary N) is 1. The van der Waals surface area contributed by atoms with E-state index in [-0.39, 0.29) is 12.4 Å². The Morgan fingerprint density at radius 3 is 2.57 bits per heavy atom. The van der Waals surface area contributed by atoms with E-state index in [1.165, 1.54) is 11.1 Å². The highest BCUT2D eigenvalue weighted by Crippen LogP contribution is 2.39. The van der Waals surface area contributed by atoms with E-state index in [0.29, 0.717) is 17.4 Å². The van der Waals surface area contributed by atoms with Crippen molar-refractivity contribution in [2.75, 3.05) is 6.54 Å². The van der Waals surface area contributed by atoms with Crippen molar-refractivity contribution in [1.29, 1.82) is 0 Å². The van der Waals surface area contributed by atoms with E-state index in [0.717, 1.165) is 32.1 Å². The number of benzene rings is 1. The van der Waals surface area contributed by atoms with Crippen LogP contribution >= 0.6 is 12.4 Å². The Labute approximate surface area is 133 Å². The first-order chi connectivity index (χ1) is 9.44. The first-order valence-corrected chi connectivity index (χ1v) is 8.79. The summed E-state index contributed by atoms with van der Waals surface area (Å²) >= 11 is 0. The summed E-state index contributed by atoms with van der Waals surface area (Å²) in [6, 6.07) is 5.50. The van der Waals surface area contributed by atoms with Gasteiger partial charge in [-0.2, -0.15) is 0 Å². The van der Waals surface area contributed by atoms with Crippen LogP contribution in [-0.2, 0) is 22.9 Å². The molecule has 0 saturated heterocycles. The fourth-order valence-corrected chi connectivity index (χ4v) is 4.62. The Morgan fingerprint density at radius 1 is 1.29 bits per heavy atom.